The molecule has 1 heterocycles. The molecule has 5 nitrogen and oxygen atoms in total. The van der Waals surface area contributed by atoms with Crippen molar-refractivity contribution < 1.29 is 13.2 Å². The Hall–Kier alpha value is -0.920. The Labute approximate surface area is 164 Å². The van der Waals surface area contributed by atoms with Crippen LogP contribution in [0.15, 0.2) is 33.6 Å². The zero-order valence-corrected chi connectivity index (χ0v) is 17.6. The molecule has 1 saturated carbocycles. The minimum Gasteiger partial charge on any atom is -0.345 e. The van der Waals surface area contributed by atoms with Crippen molar-refractivity contribution in [3.8, 4) is 0 Å². The highest BCUT2D eigenvalue weighted by Crippen LogP contribution is 2.28. The number of sulfonamides is 1. The molecule has 1 aliphatic heterocycles. The zero-order valence-electron chi connectivity index (χ0n) is 15.2. The van der Waals surface area contributed by atoms with Crippen LogP contribution in [-0.4, -0.2) is 50.2 Å². The van der Waals surface area contributed by atoms with Gasteiger partial charge < -0.3 is 4.90 Å². The predicted octanol–water partition coefficient (Wildman–Crippen LogP) is 3.50. The normalized spacial score (nSPS) is 22.5. The molecule has 0 N–H and O–H groups in total. The average Bonchev–Trinajstić information content (AvgIpc) is 3.14. The van der Waals surface area contributed by atoms with Crippen molar-refractivity contribution >= 4 is 31.9 Å². The summed E-state index contributed by atoms with van der Waals surface area (Å²) < 4.78 is 28.1. The Balaban J connectivity index is 1.66. The molecule has 1 unspecified atom stereocenters. The summed E-state index contributed by atoms with van der Waals surface area (Å²) in [5.74, 6) is 0.461. The summed E-state index contributed by atoms with van der Waals surface area (Å²) in [6, 6.07) is 6.68. The number of amides is 1. The summed E-state index contributed by atoms with van der Waals surface area (Å²) in [5.41, 5.74) is 0. The van der Waals surface area contributed by atoms with Crippen LogP contribution in [0.25, 0.3) is 0 Å². The molecule has 2 fully saturated rings. The summed E-state index contributed by atoms with van der Waals surface area (Å²) in [6.07, 6.45) is 6.41. The zero-order chi connectivity index (χ0) is 18.7. The highest BCUT2D eigenvalue weighted by molar-refractivity contribution is 9.10. The molecule has 26 heavy (non-hydrogen) atoms. The highest BCUT2D eigenvalue weighted by Gasteiger charge is 2.34. The van der Waals surface area contributed by atoms with E-state index in [1.165, 1.54) is 30.0 Å². The van der Waals surface area contributed by atoms with E-state index in [4.69, 9.17) is 0 Å². The molecular weight excluding hydrogens is 416 g/mol. The topological polar surface area (TPSA) is 57.7 Å². The van der Waals surface area contributed by atoms with Crippen LogP contribution in [-0.2, 0) is 14.8 Å². The number of rotatable bonds is 5. The van der Waals surface area contributed by atoms with Crippen LogP contribution in [0.4, 0.5) is 0 Å². The van der Waals surface area contributed by atoms with E-state index in [0.717, 1.165) is 23.9 Å². The minimum absolute atomic E-state index is 0.0904. The Kier molecular flexibility index (Phi) is 6.41. The molecule has 0 bridgehead atoms. The molecule has 0 spiro atoms. The quantitative estimate of drug-likeness (QED) is 0.700. The second-order valence-electron chi connectivity index (χ2n) is 7.53. The lowest BCUT2D eigenvalue weighted by Gasteiger charge is -2.34. The molecular formula is C19H27BrN2O3S. The van der Waals surface area contributed by atoms with E-state index in [1.807, 2.05) is 11.9 Å². The molecule has 1 amide bonds. The number of piperidine rings is 1. The molecule has 0 aromatic heterocycles. The van der Waals surface area contributed by atoms with Crippen LogP contribution < -0.4 is 0 Å². The van der Waals surface area contributed by atoms with Gasteiger partial charge in [-0.1, -0.05) is 28.8 Å². The lowest BCUT2D eigenvalue weighted by molar-refractivity contribution is -0.135. The van der Waals surface area contributed by atoms with Crippen LogP contribution >= 0.6 is 15.9 Å². The minimum atomic E-state index is -3.55. The molecule has 2 aliphatic rings. The lowest BCUT2D eigenvalue weighted by atomic mass is 9.97. The molecule has 1 aromatic carbocycles. The molecule has 7 heteroatoms. The number of carbonyl (C=O) groups excluding carboxylic acids is 1. The van der Waals surface area contributed by atoms with Crippen LogP contribution in [0.5, 0.6) is 0 Å². The molecule has 1 aromatic rings. The summed E-state index contributed by atoms with van der Waals surface area (Å²) in [4.78, 5) is 15.0. The van der Waals surface area contributed by atoms with E-state index in [0.29, 0.717) is 12.5 Å². The number of hydrogen-bond donors (Lipinski definition) is 0. The van der Waals surface area contributed by atoms with Crippen LogP contribution in [0.1, 0.15) is 38.5 Å². The fourth-order valence-electron chi connectivity index (χ4n) is 4.10. The SMILES string of the molecule is CN(CC1CCCC1)C(=O)C1CCCN(S(=O)(=O)c2ccc(Br)cc2)C1. The summed E-state index contributed by atoms with van der Waals surface area (Å²) in [5, 5.41) is 0. The second-order valence-corrected chi connectivity index (χ2v) is 10.4. The fourth-order valence-corrected chi connectivity index (χ4v) is 5.89. The Morgan fingerprint density at radius 1 is 1.15 bits per heavy atom. The summed E-state index contributed by atoms with van der Waals surface area (Å²) in [7, 11) is -1.69. The van der Waals surface area contributed by atoms with Crippen molar-refractivity contribution in [2.24, 2.45) is 11.8 Å². The Morgan fingerprint density at radius 2 is 1.81 bits per heavy atom. The number of carbonyl (C=O) groups is 1. The van der Waals surface area contributed by atoms with Gasteiger partial charge >= 0.3 is 0 Å². The molecule has 0 radical (unpaired) electrons. The number of halogens is 1. The monoisotopic (exact) mass is 442 g/mol. The van der Waals surface area contributed by atoms with Gasteiger partial charge in [0.25, 0.3) is 0 Å². The van der Waals surface area contributed by atoms with Gasteiger partial charge in [-0.15, -0.1) is 0 Å². The first-order valence-electron chi connectivity index (χ1n) is 9.38. The first-order valence-corrected chi connectivity index (χ1v) is 11.6. The molecule has 1 atom stereocenters. The third-order valence-corrected chi connectivity index (χ3v) is 7.98. The van der Waals surface area contributed by atoms with Gasteiger partial charge in [-0.3, -0.25) is 4.79 Å². The number of benzene rings is 1. The number of nitrogens with zero attached hydrogens (tertiary/aromatic N) is 2. The van der Waals surface area contributed by atoms with Crippen LogP contribution in [0.3, 0.4) is 0 Å². The van der Waals surface area contributed by atoms with Crippen LogP contribution in [0, 0.1) is 11.8 Å². The van der Waals surface area contributed by atoms with Crippen molar-refractivity contribution in [1.82, 2.24) is 9.21 Å². The third-order valence-electron chi connectivity index (χ3n) is 5.57. The Bertz CT molecular complexity index is 730. The molecule has 3 rings (SSSR count). The van der Waals surface area contributed by atoms with Gasteiger partial charge in [0.15, 0.2) is 0 Å². The van der Waals surface area contributed by atoms with Crippen molar-refractivity contribution in [1.29, 1.82) is 0 Å². The van der Waals surface area contributed by atoms with Crippen molar-refractivity contribution in [3.63, 3.8) is 0 Å². The van der Waals surface area contributed by atoms with Crippen molar-refractivity contribution in [2.75, 3.05) is 26.7 Å². The maximum atomic E-state index is 12.9. The second kappa shape index (κ2) is 8.40. The van der Waals surface area contributed by atoms with Crippen LogP contribution in [0.2, 0.25) is 0 Å². The van der Waals surface area contributed by atoms with E-state index in [9.17, 15) is 13.2 Å². The maximum Gasteiger partial charge on any atom is 0.243 e. The van der Waals surface area contributed by atoms with E-state index in [1.54, 1.807) is 24.3 Å². The highest BCUT2D eigenvalue weighted by atomic mass is 79.9. The first kappa shape index (κ1) is 19.8. The summed E-state index contributed by atoms with van der Waals surface area (Å²) >= 11 is 3.33. The van der Waals surface area contributed by atoms with E-state index >= 15 is 0 Å². The molecule has 1 saturated heterocycles. The summed E-state index contributed by atoms with van der Waals surface area (Å²) in [6.45, 7) is 1.57. The van der Waals surface area contributed by atoms with Gasteiger partial charge in [-0.2, -0.15) is 4.31 Å². The van der Waals surface area contributed by atoms with Gasteiger partial charge in [0.2, 0.25) is 15.9 Å². The lowest BCUT2D eigenvalue weighted by Crippen LogP contribution is -2.46. The van der Waals surface area contributed by atoms with Gasteiger partial charge in [-0.25, -0.2) is 8.42 Å². The molecule has 144 valence electrons. The predicted molar refractivity (Wildman–Crippen MR) is 105 cm³/mol. The van der Waals surface area contributed by atoms with Gasteiger partial charge in [0.1, 0.15) is 0 Å². The largest absolute Gasteiger partial charge is 0.345 e. The van der Waals surface area contributed by atoms with E-state index in [2.05, 4.69) is 15.9 Å². The number of hydrogen-bond acceptors (Lipinski definition) is 3. The third kappa shape index (κ3) is 4.49. The maximum absolute atomic E-state index is 12.9. The van der Waals surface area contributed by atoms with Gasteiger partial charge in [0.05, 0.1) is 10.8 Å². The van der Waals surface area contributed by atoms with Crippen molar-refractivity contribution in [3.05, 3.63) is 28.7 Å². The fraction of sp³-hybridized carbons (Fsp3) is 0.632. The van der Waals surface area contributed by atoms with E-state index < -0.39 is 10.0 Å². The van der Waals surface area contributed by atoms with Gasteiger partial charge in [0, 0.05) is 31.2 Å². The van der Waals surface area contributed by atoms with Gasteiger partial charge in [-0.05, 0) is 55.9 Å². The smallest absolute Gasteiger partial charge is 0.243 e. The average molecular weight is 443 g/mol. The Morgan fingerprint density at radius 3 is 2.46 bits per heavy atom. The van der Waals surface area contributed by atoms with E-state index in [-0.39, 0.29) is 23.3 Å². The molecule has 1 aliphatic carbocycles. The first-order chi connectivity index (χ1) is 12.4. The standard InChI is InChI=1S/C19H27BrN2O3S/c1-21(13-15-5-2-3-6-15)19(23)16-7-4-12-22(14-16)26(24,25)18-10-8-17(20)9-11-18/h8-11,15-16H,2-7,12-14H2,1H3. The van der Waals surface area contributed by atoms with Crippen molar-refractivity contribution in [2.45, 2.75) is 43.4 Å².